The number of aliphatic hydroxyl groups excluding tert-OH is 1. The maximum absolute atomic E-state index is 9.90. The van der Waals surface area contributed by atoms with E-state index in [2.05, 4.69) is 0 Å². The molecule has 1 atom stereocenters. The molecule has 0 aliphatic heterocycles. The molecule has 16 heavy (non-hydrogen) atoms. The Balaban J connectivity index is 2.39. The number of aliphatic hydroxyl groups is 2. The van der Waals surface area contributed by atoms with Gasteiger partial charge in [-0.25, -0.2) is 0 Å². The number of allylic oxidation sites excluding steroid dienone is 2. The fourth-order valence-corrected chi connectivity index (χ4v) is 1.53. The zero-order valence-corrected chi connectivity index (χ0v) is 8.67. The topological polar surface area (TPSA) is 66.5 Å². The van der Waals surface area contributed by atoms with Crippen LogP contribution in [0.25, 0.3) is 6.08 Å². The van der Waals surface area contributed by atoms with Gasteiger partial charge in [0.05, 0.1) is 0 Å². The van der Waals surface area contributed by atoms with Crippen molar-refractivity contribution >= 4 is 6.08 Å². The Morgan fingerprint density at radius 2 is 1.88 bits per heavy atom. The van der Waals surface area contributed by atoms with Crippen molar-refractivity contribution in [3.8, 4) is 0 Å². The molecule has 0 saturated heterocycles. The van der Waals surface area contributed by atoms with Crippen LogP contribution in [-0.4, -0.2) is 15.9 Å². The van der Waals surface area contributed by atoms with Crippen molar-refractivity contribution in [1.29, 1.82) is 0 Å². The van der Waals surface area contributed by atoms with Gasteiger partial charge in [-0.2, -0.15) is 0 Å². The first kappa shape index (κ1) is 10.7. The number of hydrogen-bond donors (Lipinski definition) is 3. The Bertz CT molecular complexity index is 470. The summed E-state index contributed by atoms with van der Waals surface area (Å²) in [4.78, 5) is 0. The summed E-state index contributed by atoms with van der Waals surface area (Å²) in [6, 6.07) is 9.48. The molecule has 0 saturated carbocycles. The van der Waals surface area contributed by atoms with E-state index in [0.29, 0.717) is 5.57 Å². The van der Waals surface area contributed by atoms with Gasteiger partial charge in [0, 0.05) is 5.57 Å². The Kier molecular flexibility index (Phi) is 2.64. The Morgan fingerprint density at radius 3 is 2.56 bits per heavy atom. The smallest absolute Gasteiger partial charge is 0.198 e. The van der Waals surface area contributed by atoms with Crippen LogP contribution in [0.15, 0.2) is 59.9 Å². The zero-order valence-electron chi connectivity index (χ0n) is 8.67. The van der Waals surface area contributed by atoms with E-state index >= 15 is 0 Å². The molecule has 3 heteroatoms. The third kappa shape index (κ3) is 1.91. The third-order valence-corrected chi connectivity index (χ3v) is 2.48. The standard InChI is InChI=1S/C13H13NO2/c14-13(16)11(7-4-8-12(13)15)9-10-5-2-1-3-6-10/h1-9,15-16H,14H2. The molecule has 0 heterocycles. The van der Waals surface area contributed by atoms with E-state index in [0.717, 1.165) is 5.56 Å². The minimum atomic E-state index is -1.80. The predicted octanol–water partition coefficient (Wildman–Crippen LogP) is 1.73. The SMILES string of the molecule is NC1(O)C(O)=CC=CC1=Cc1ccccc1. The van der Waals surface area contributed by atoms with E-state index in [-0.39, 0.29) is 5.76 Å². The third-order valence-electron chi connectivity index (χ3n) is 2.48. The number of benzene rings is 1. The van der Waals surface area contributed by atoms with Crippen LogP contribution in [-0.2, 0) is 0 Å². The Morgan fingerprint density at radius 1 is 1.19 bits per heavy atom. The van der Waals surface area contributed by atoms with E-state index in [9.17, 15) is 10.2 Å². The van der Waals surface area contributed by atoms with Crippen molar-refractivity contribution in [3.05, 3.63) is 65.5 Å². The van der Waals surface area contributed by atoms with Crippen molar-refractivity contribution in [1.82, 2.24) is 0 Å². The Labute approximate surface area is 93.8 Å². The lowest BCUT2D eigenvalue weighted by Crippen LogP contribution is -2.44. The number of nitrogens with two attached hydrogens (primary N) is 1. The summed E-state index contributed by atoms with van der Waals surface area (Å²) < 4.78 is 0. The van der Waals surface area contributed by atoms with Crippen LogP contribution >= 0.6 is 0 Å². The monoisotopic (exact) mass is 215 g/mol. The maximum atomic E-state index is 9.90. The molecule has 1 aromatic rings. The minimum absolute atomic E-state index is 0.253. The van der Waals surface area contributed by atoms with Crippen LogP contribution in [0.2, 0.25) is 0 Å². The fraction of sp³-hybridized carbons (Fsp3) is 0.0769. The molecule has 82 valence electrons. The van der Waals surface area contributed by atoms with E-state index < -0.39 is 5.72 Å². The van der Waals surface area contributed by atoms with E-state index in [4.69, 9.17) is 5.73 Å². The normalized spacial score (nSPS) is 26.9. The average molecular weight is 215 g/mol. The van der Waals surface area contributed by atoms with Crippen LogP contribution in [0.4, 0.5) is 0 Å². The van der Waals surface area contributed by atoms with Gasteiger partial charge in [0.25, 0.3) is 0 Å². The van der Waals surface area contributed by atoms with Gasteiger partial charge >= 0.3 is 0 Å². The van der Waals surface area contributed by atoms with Crippen molar-refractivity contribution in [3.63, 3.8) is 0 Å². The molecule has 0 aromatic heterocycles. The lowest BCUT2D eigenvalue weighted by molar-refractivity contribution is 0.0786. The molecule has 0 spiro atoms. The number of hydrogen-bond acceptors (Lipinski definition) is 3. The van der Waals surface area contributed by atoms with Gasteiger partial charge in [0.1, 0.15) is 5.76 Å². The van der Waals surface area contributed by atoms with Crippen LogP contribution in [0, 0.1) is 0 Å². The van der Waals surface area contributed by atoms with Crippen molar-refractivity contribution in [2.75, 3.05) is 0 Å². The first-order valence-corrected chi connectivity index (χ1v) is 4.97. The summed E-state index contributed by atoms with van der Waals surface area (Å²) in [5, 5.41) is 19.4. The summed E-state index contributed by atoms with van der Waals surface area (Å²) in [5.41, 5.74) is 5.20. The Hall–Kier alpha value is -1.84. The molecule has 0 bridgehead atoms. The van der Waals surface area contributed by atoms with Crippen LogP contribution in [0.3, 0.4) is 0 Å². The van der Waals surface area contributed by atoms with Crippen molar-refractivity contribution in [2.24, 2.45) is 5.73 Å². The summed E-state index contributed by atoms with van der Waals surface area (Å²) in [6.07, 6.45) is 6.43. The zero-order chi connectivity index (χ0) is 11.6. The number of rotatable bonds is 1. The highest BCUT2D eigenvalue weighted by molar-refractivity contribution is 5.61. The highest BCUT2D eigenvalue weighted by Gasteiger charge is 2.31. The second-order valence-electron chi connectivity index (χ2n) is 3.69. The molecule has 1 aliphatic carbocycles. The van der Waals surface area contributed by atoms with Gasteiger partial charge in [-0.3, -0.25) is 5.73 Å². The highest BCUT2D eigenvalue weighted by Crippen LogP contribution is 2.25. The van der Waals surface area contributed by atoms with Gasteiger partial charge in [-0.05, 0) is 17.7 Å². The van der Waals surface area contributed by atoms with Crippen LogP contribution in [0.5, 0.6) is 0 Å². The van der Waals surface area contributed by atoms with Crippen LogP contribution in [0.1, 0.15) is 5.56 Å². The molecule has 1 aliphatic rings. The summed E-state index contributed by atoms with van der Waals surface area (Å²) in [7, 11) is 0. The molecule has 0 fully saturated rings. The van der Waals surface area contributed by atoms with Crippen molar-refractivity contribution < 1.29 is 10.2 Å². The van der Waals surface area contributed by atoms with Crippen molar-refractivity contribution in [2.45, 2.75) is 5.72 Å². The molecule has 4 N–H and O–H groups in total. The maximum Gasteiger partial charge on any atom is 0.198 e. The first-order valence-electron chi connectivity index (χ1n) is 4.97. The van der Waals surface area contributed by atoms with Gasteiger partial charge in [0.15, 0.2) is 5.72 Å². The van der Waals surface area contributed by atoms with Gasteiger partial charge in [-0.1, -0.05) is 42.5 Å². The first-order chi connectivity index (χ1) is 7.60. The molecule has 0 radical (unpaired) electrons. The predicted molar refractivity (Wildman–Crippen MR) is 63.4 cm³/mol. The molecule has 3 nitrogen and oxygen atoms in total. The van der Waals surface area contributed by atoms with E-state index in [1.54, 1.807) is 18.2 Å². The van der Waals surface area contributed by atoms with Gasteiger partial charge in [-0.15, -0.1) is 0 Å². The fourth-order valence-electron chi connectivity index (χ4n) is 1.53. The summed E-state index contributed by atoms with van der Waals surface area (Å²) in [6.45, 7) is 0. The largest absolute Gasteiger partial charge is 0.507 e. The molecule has 1 aromatic carbocycles. The summed E-state index contributed by atoms with van der Waals surface area (Å²) in [5.74, 6) is -0.253. The lowest BCUT2D eigenvalue weighted by atomic mass is 9.95. The van der Waals surface area contributed by atoms with Gasteiger partial charge < -0.3 is 10.2 Å². The molecular weight excluding hydrogens is 202 g/mol. The van der Waals surface area contributed by atoms with E-state index in [1.165, 1.54) is 6.08 Å². The van der Waals surface area contributed by atoms with Gasteiger partial charge in [0.2, 0.25) is 0 Å². The average Bonchev–Trinajstić information content (AvgIpc) is 2.27. The molecule has 1 unspecified atom stereocenters. The molecule has 0 amide bonds. The molecule has 2 rings (SSSR count). The second-order valence-corrected chi connectivity index (χ2v) is 3.69. The highest BCUT2D eigenvalue weighted by atomic mass is 16.3. The minimum Gasteiger partial charge on any atom is -0.507 e. The second kappa shape index (κ2) is 3.96. The lowest BCUT2D eigenvalue weighted by Gasteiger charge is -2.26. The summed E-state index contributed by atoms with van der Waals surface area (Å²) >= 11 is 0. The molecular formula is C13H13NO2. The van der Waals surface area contributed by atoms with E-state index in [1.807, 2.05) is 30.3 Å². The quantitative estimate of drug-likeness (QED) is 0.625. The van der Waals surface area contributed by atoms with Crippen LogP contribution < -0.4 is 5.73 Å².